The predicted octanol–water partition coefficient (Wildman–Crippen LogP) is 3.90. The zero-order chi connectivity index (χ0) is 14.1. The third-order valence-electron chi connectivity index (χ3n) is 2.65. The number of nitrogens with zero attached hydrogens (tertiary/aromatic N) is 1. The summed E-state index contributed by atoms with van der Waals surface area (Å²) < 4.78 is 12.3. The molecule has 104 valence electrons. The van der Waals surface area contributed by atoms with E-state index < -0.39 is 0 Å². The van der Waals surface area contributed by atoms with E-state index in [0.717, 1.165) is 20.2 Å². The zero-order valence-corrected chi connectivity index (χ0v) is 13.7. The minimum Gasteiger partial charge on any atom is -0.454 e. The molecule has 0 spiro atoms. The molecule has 2 heterocycles. The van der Waals surface area contributed by atoms with E-state index >= 15 is 0 Å². The second kappa shape index (κ2) is 5.83. The third-order valence-corrected chi connectivity index (χ3v) is 5.23. The number of carbonyl (C=O) groups excluding carboxylic acids is 1. The van der Waals surface area contributed by atoms with Crippen LogP contribution in [0.1, 0.15) is 12.5 Å². The molecule has 1 aromatic rings. The molecule has 0 saturated carbocycles. The van der Waals surface area contributed by atoms with Gasteiger partial charge in [-0.1, -0.05) is 34.6 Å². The van der Waals surface area contributed by atoms with E-state index in [0.29, 0.717) is 17.2 Å². The van der Waals surface area contributed by atoms with Gasteiger partial charge in [0.2, 0.25) is 11.9 Å². The quantitative estimate of drug-likeness (QED) is 0.737. The van der Waals surface area contributed by atoms with Crippen LogP contribution in [0.25, 0.3) is 6.08 Å². The van der Waals surface area contributed by atoms with E-state index in [2.05, 4.69) is 20.9 Å². The van der Waals surface area contributed by atoms with Gasteiger partial charge >= 0.3 is 0 Å². The van der Waals surface area contributed by atoms with Crippen molar-refractivity contribution in [3.63, 3.8) is 0 Å². The van der Waals surface area contributed by atoms with Crippen molar-refractivity contribution in [1.29, 1.82) is 0 Å². The number of hydrogen-bond donors (Lipinski definition) is 0. The van der Waals surface area contributed by atoms with Gasteiger partial charge in [0.05, 0.1) is 0 Å². The van der Waals surface area contributed by atoms with Gasteiger partial charge in [-0.15, -0.1) is 0 Å². The van der Waals surface area contributed by atoms with Crippen molar-refractivity contribution in [3.05, 3.63) is 27.9 Å². The fourth-order valence-electron chi connectivity index (χ4n) is 1.77. The van der Waals surface area contributed by atoms with E-state index in [9.17, 15) is 4.79 Å². The topological polar surface area (TPSA) is 47.9 Å². The number of thioether (sulfide) groups is 2. The molecule has 2 aliphatic rings. The number of aliphatic imine (C=N–C) groups is 1. The van der Waals surface area contributed by atoms with E-state index in [1.807, 2.05) is 19.1 Å². The molecule has 0 bridgehead atoms. The minimum atomic E-state index is -0.0227. The number of hydrogen-bond acceptors (Lipinski definition) is 6. The van der Waals surface area contributed by atoms with Crippen molar-refractivity contribution >= 4 is 55.0 Å². The predicted molar refractivity (Wildman–Crippen MR) is 86.4 cm³/mol. The van der Waals surface area contributed by atoms with E-state index in [1.165, 1.54) is 11.8 Å². The molecule has 0 aromatic heterocycles. The largest absolute Gasteiger partial charge is 0.454 e. The van der Waals surface area contributed by atoms with Crippen molar-refractivity contribution in [2.75, 3.05) is 12.5 Å². The molecule has 4 nitrogen and oxygen atoms in total. The van der Waals surface area contributed by atoms with Crippen LogP contribution in [0.4, 0.5) is 0 Å². The van der Waals surface area contributed by atoms with Crippen LogP contribution in [0, 0.1) is 0 Å². The van der Waals surface area contributed by atoms with Crippen LogP contribution in [-0.4, -0.2) is 22.0 Å². The van der Waals surface area contributed by atoms with Crippen molar-refractivity contribution in [3.8, 4) is 11.5 Å². The number of benzene rings is 1. The third kappa shape index (κ3) is 2.75. The fourth-order valence-corrected chi connectivity index (χ4v) is 3.94. The van der Waals surface area contributed by atoms with Gasteiger partial charge in [-0.3, -0.25) is 4.79 Å². The fraction of sp³-hybridized carbons (Fsp3) is 0.231. The number of rotatable bonds is 2. The lowest BCUT2D eigenvalue weighted by atomic mass is 10.1. The molecule has 0 N–H and O–H groups in total. The average Bonchev–Trinajstić information content (AvgIpc) is 2.98. The summed E-state index contributed by atoms with van der Waals surface area (Å²) in [5.41, 5.74) is 1.32. The summed E-state index contributed by atoms with van der Waals surface area (Å²) in [7, 11) is 0. The van der Waals surface area contributed by atoms with Gasteiger partial charge < -0.3 is 9.47 Å². The van der Waals surface area contributed by atoms with Crippen LogP contribution in [0.15, 0.2) is 27.3 Å². The highest BCUT2D eigenvalue weighted by Crippen LogP contribution is 2.39. The molecule has 0 amide bonds. The van der Waals surface area contributed by atoms with Gasteiger partial charge in [0.15, 0.2) is 11.5 Å². The lowest BCUT2D eigenvalue weighted by Crippen LogP contribution is -1.92. The van der Waals surface area contributed by atoms with Crippen molar-refractivity contribution in [1.82, 2.24) is 0 Å². The Bertz CT molecular complexity index is 643. The number of carbonyl (C=O) groups is 1. The first-order chi connectivity index (χ1) is 9.67. The summed E-state index contributed by atoms with van der Waals surface area (Å²) in [6.07, 6.45) is 1.77. The Labute approximate surface area is 133 Å². The molecule has 7 heteroatoms. The molecule has 0 fully saturated rings. The average molecular weight is 372 g/mol. The Morgan fingerprint density at radius 2 is 2.20 bits per heavy atom. The first kappa shape index (κ1) is 14.0. The van der Waals surface area contributed by atoms with E-state index in [1.54, 1.807) is 17.8 Å². The van der Waals surface area contributed by atoms with Crippen molar-refractivity contribution in [2.24, 2.45) is 4.99 Å². The van der Waals surface area contributed by atoms with Crippen LogP contribution >= 0.6 is 39.5 Å². The lowest BCUT2D eigenvalue weighted by molar-refractivity contribution is -0.107. The summed E-state index contributed by atoms with van der Waals surface area (Å²) in [5.74, 6) is 2.29. The molecular formula is C13H10BrNO3S2. The maximum Gasteiger partial charge on any atom is 0.244 e. The van der Waals surface area contributed by atoms with Gasteiger partial charge in [-0.2, -0.15) is 0 Å². The van der Waals surface area contributed by atoms with Gasteiger partial charge in [0.1, 0.15) is 10.1 Å². The monoisotopic (exact) mass is 371 g/mol. The normalized spacial score (nSPS) is 18.8. The summed E-state index contributed by atoms with van der Waals surface area (Å²) in [6.45, 7) is 2.26. The SMILES string of the molecule is CCSC1=NC(=Cc2cc3c(cc2Br)OCO3)C(=O)S1. The summed E-state index contributed by atoms with van der Waals surface area (Å²) in [6, 6.07) is 3.69. The molecule has 1 aromatic carbocycles. The maximum atomic E-state index is 11.9. The summed E-state index contributed by atoms with van der Waals surface area (Å²) in [4.78, 5) is 16.3. The molecule has 0 aliphatic carbocycles. The number of halogens is 1. The zero-order valence-electron chi connectivity index (χ0n) is 10.5. The van der Waals surface area contributed by atoms with Gasteiger partial charge in [-0.25, -0.2) is 4.99 Å². The van der Waals surface area contributed by atoms with Crippen molar-refractivity contribution < 1.29 is 14.3 Å². The van der Waals surface area contributed by atoms with Gasteiger partial charge in [-0.05, 0) is 41.3 Å². The molecule has 2 aliphatic heterocycles. The van der Waals surface area contributed by atoms with Crippen LogP contribution in [0.5, 0.6) is 11.5 Å². The highest BCUT2D eigenvalue weighted by molar-refractivity contribution is 9.10. The highest BCUT2D eigenvalue weighted by Gasteiger charge is 2.23. The second-order valence-electron chi connectivity index (χ2n) is 3.96. The lowest BCUT2D eigenvalue weighted by Gasteiger charge is -2.02. The number of ether oxygens (including phenoxy) is 2. The number of fused-ring (bicyclic) bond motifs is 1. The molecule has 0 saturated heterocycles. The molecule has 0 atom stereocenters. The molecule has 3 rings (SSSR count). The Morgan fingerprint density at radius 3 is 2.95 bits per heavy atom. The summed E-state index contributed by atoms with van der Waals surface area (Å²) in [5, 5.41) is -0.0227. The van der Waals surface area contributed by atoms with Crippen LogP contribution < -0.4 is 9.47 Å². The Kier molecular flexibility index (Phi) is 4.09. The Morgan fingerprint density at radius 1 is 1.45 bits per heavy atom. The minimum absolute atomic E-state index is 0.0227. The van der Waals surface area contributed by atoms with E-state index in [-0.39, 0.29) is 11.9 Å². The second-order valence-corrected chi connectivity index (χ2v) is 7.28. The van der Waals surface area contributed by atoms with Gasteiger partial charge in [0.25, 0.3) is 0 Å². The Balaban J connectivity index is 1.94. The highest BCUT2D eigenvalue weighted by atomic mass is 79.9. The van der Waals surface area contributed by atoms with Crippen molar-refractivity contribution in [2.45, 2.75) is 6.92 Å². The van der Waals surface area contributed by atoms with Crippen LogP contribution in [-0.2, 0) is 4.79 Å². The molecule has 0 unspecified atom stereocenters. The van der Waals surface area contributed by atoms with Crippen LogP contribution in [0.2, 0.25) is 0 Å². The molecule has 0 radical (unpaired) electrons. The first-order valence-corrected chi connectivity index (χ1v) is 8.51. The van der Waals surface area contributed by atoms with Crippen LogP contribution in [0.3, 0.4) is 0 Å². The van der Waals surface area contributed by atoms with E-state index in [4.69, 9.17) is 9.47 Å². The molecule has 20 heavy (non-hydrogen) atoms. The maximum absolute atomic E-state index is 11.9. The Hall–Kier alpha value is -0.920. The standard InChI is InChI=1S/C13H10BrNO3S2/c1-2-19-13-15-9(12(16)20-13)3-7-4-10-11(5-8(7)14)18-6-17-10/h3-5H,2,6H2,1H3. The smallest absolute Gasteiger partial charge is 0.244 e. The first-order valence-electron chi connectivity index (χ1n) is 5.92. The molecular weight excluding hydrogens is 362 g/mol. The summed E-state index contributed by atoms with van der Waals surface area (Å²) >= 11 is 6.23. The van der Waals surface area contributed by atoms with Gasteiger partial charge in [0, 0.05) is 4.47 Å².